The monoisotopic (exact) mass is 434 g/mol. The smallest absolute Gasteiger partial charge is 0.325 e. The van der Waals surface area contributed by atoms with Crippen molar-refractivity contribution in [1.29, 1.82) is 5.26 Å². The summed E-state index contributed by atoms with van der Waals surface area (Å²) >= 11 is 0. The van der Waals surface area contributed by atoms with Crippen LogP contribution in [0.25, 0.3) is 10.8 Å². The normalized spacial score (nSPS) is 22.3. The van der Waals surface area contributed by atoms with Crippen LogP contribution in [0.1, 0.15) is 44.6 Å². The van der Waals surface area contributed by atoms with Crippen molar-refractivity contribution in [3.63, 3.8) is 0 Å². The maximum atomic E-state index is 13.2. The Balaban J connectivity index is 1.53. The molecule has 0 aromatic heterocycles. The minimum atomic E-state index is -1.29. The predicted octanol–water partition coefficient (Wildman–Crippen LogP) is 2.96. The number of carbonyl (C=O) groups excluding carboxylic acids is 3. The third-order valence-electron chi connectivity index (χ3n) is 6.50. The number of benzene rings is 2. The van der Waals surface area contributed by atoms with Crippen molar-refractivity contribution in [3.05, 3.63) is 42.0 Å². The zero-order chi connectivity index (χ0) is 22.9. The number of methoxy groups -OCH3 is 1. The first-order chi connectivity index (χ1) is 15.3. The molecule has 2 fully saturated rings. The van der Waals surface area contributed by atoms with E-state index in [0.717, 1.165) is 40.7 Å². The predicted molar refractivity (Wildman–Crippen MR) is 118 cm³/mol. The van der Waals surface area contributed by atoms with Gasteiger partial charge in [-0.3, -0.25) is 14.5 Å². The van der Waals surface area contributed by atoms with Crippen LogP contribution in [0.15, 0.2) is 36.4 Å². The van der Waals surface area contributed by atoms with Crippen LogP contribution >= 0.6 is 0 Å². The van der Waals surface area contributed by atoms with Crippen molar-refractivity contribution in [2.75, 3.05) is 13.7 Å². The highest BCUT2D eigenvalue weighted by molar-refractivity contribution is 6.09. The van der Waals surface area contributed by atoms with Gasteiger partial charge in [-0.1, -0.05) is 37.5 Å². The van der Waals surface area contributed by atoms with Crippen molar-refractivity contribution >= 4 is 28.6 Å². The van der Waals surface area contributed by atoms with E-state index >= 15 is 0 Å². The molecule has 2 aromatic rings. The van der Waals surface area contributed by atoms with Crippen molar-refractivity contribution in [2.24, 2.45) is 0 Å². The molecule has 1 atom stereocenters. The average molecular weight is 434 g/mol. The first-order valence-electron chi connectivity index (χ1n) is 10.7. The second-order valence-electron chi connectivity index (χ2n) is 8.68. The Morgan fingerprint density at radius 3 is 2.53 bits per heavy atom. The summed E-state index contributed by atoms with van der Waals surface area (Å²) < 4.78 is 5.25. The number of hydrogen-bond acceptors (Lipinski definition) is 5. The maximum Gasteiger partial charge on any atom is 0.325 e. The lowest BCUT2D eigenvalue weighted by molar-refractivity contribution is -0.135. The van der Waals surface area contributed by atoms with Crippen molar-refractivity contribution in [3.8, 4) is 11.8 Å². The number of urea groups is 1. The van der Waals surface area contributed by atoms with E-state index in [-0.39, 0.29) is 0 Å². The maximum absolute atomic E-state index is 13.2. The van der Waals surface area contributed by atoms with E-state index in [0.29, 0.717) is 18.4 Å². The van der Waals surface area contributed by atoms with Crippen molar-refractivity contribution in [2.45, 2.75) is 50.1 Å². The lowest BCUT2D eigenvalue weighted by Crippen LogP contribution is -2.52. The number of carbonyl (C=O) groups is 3. The Hall–Kier alpha value is -3.60. The van der Waals surface area contributed by atoms with Gasteiger partial charge in [0.1, 0.15) is 23.4 Å². The van der Waals surface area contributed by atoms with E-state index in [2.05, 4.69) is 16.7 Å². The Morgan fingerprint density at radius 1 is 1.16 bits per heavy atom. The second-order valence-corrected chi connectivity index (χ2v) is 8.68. The van der Waals surface area contributed by atoms with E-state index in [1.165, 1.54) is 0 Å². The standard InChI is InChI=1S/C24H26N4O4/c1-23(18-8-6-17-13-19(32-2)9-7-16(17)12-18)21(30)28(22(31)27-23)14-20(29)26-24(15-25)10-4-3-5-11-24/h6-9,12-13H,3-5,10-11,14H2,1-2H3,(H,26,29)(H,27,31)/t23-/m0/s1. The third kappa shape index (κ3) is 3.75. The fourth-order valence-electron chi connectivity index (χ4n) is 4.57. The molecular weight excluding hydrogens is 408 g/mol. The number of amides is 4. The lowest BCUT2D eigenvalue weighted by Gasteiger charge is -2.32. The van der Waals surface area contributed by atoms with Gasteiger partial charge in [-0.15, -0.1) is 0 Å². The highest BCUT2D eigenvalue weighted by atomic mass is 16.5. The Bertz CT molecular complexity index is 1130. The van der Waals surface area contributed by atoms with Crippen LogP contribution < -0.4 is 15.4 Å². The number of nitrogens with one attached hydrogen (secondary N) is 2. The summed E-state index contributed by atoms with van der Waals surface area (Å²) in [4.78, 5) is 39.4. The molecule has 0 unspecified atom stereocenters. The van der Waals surface area contributed by atoms with Gasteiger partial charge in [-0.2, -0.15) is 5.26 Å². The largest absolute Gasteiger partial charge is 0.497 e. The van der Waals surface area contributed by atoms with E-state index in [1.807, 2.05) is 30.3 Å². The zero-order valence-corrected chi connectivity index (χ0v) is 18.2. The molecule has 2 aromatic carbocycles. The molecule has 8 nitrogen and oxygen atoms in total. The molecule has 1 aliphatic carbocycles. The summed E-state index contributed by atoms with van der Waals surface area (Å²) in [6.45, 7) is 1.21. The summed E-state index contributed by atoms with van der Waals surface area (Å²) in [6.07, 6.45) is 3.92. The minimum Gasteiger partial charge on any atom is -0.497 e. The number of nitrogens with zero attached hydrogens (tertiary/aromatic N) is 2. The average Bonchev–Trinajstić information content (AvgIpc) is 3.02. The van der Waals surface area contributed by atoms with Gasteiger partial charge in [0.05, 0.1) is 13.2 Å². The van der Waals surface area contributed by atoms with Gasteiger partial charge in [-0.25, -0.2) is 4.79 Å². The van der Waals surface area contributed by atoms with E-state index in [4.69, 9.17) is 4.74 Å². The molecule has 2 N–H and O–H groups in total. The summed E-state index contributed by atoms with van der Waals surface area (Å²) in [5.74, 6) is -0.279. The van der Waals surface area contributed by atoms with E-state index < -0.39 is 35.5 Å². The molecule has 1 saturated heterocycles. The van der Waals surface area contributed by atoms with Gasteiger partial charge >= 0.3 is 6.03 Å². The molecule has 0 bridgehead atoms. The summed E-state index contributed by atoms with van der Waals surface area (Å²) in [6, 6.07) is 12.7. The number of fused-ring (bicyclic) bond motifs is 1. The molecule has 8 heteroatoms. The van der Waals surface area contributed by atoms with Gasteiger partial charge in [-0.05, 0) is 54.3 Å². The van der Waals surface area contributed by atoms with Gasteiger partial charge in [0.25, 0.3) is 5.91 Å². The lowest BCUT2D eigenvalue weighted by atomic mass is 9.83. The Kier molecular flexibility index (Phi) is 5.51. The van der Waals surface area contributed by atoms with Gasteiger partial charge in [0.2, 0.25) is 5.91 Å². The molecule has 1 saturated carbocycles. The fraction of sp³-hybridized carbons (Fsp3) is 0.417. The summed E-state index contributed by atoms with van der Waals surface area (Å²) in [5.41, 5.74) is -1.59. The van der Waals surface area contributed by atoms with Crippen LogP contribution in [0.2, 0.25) is 0 Å². The van der Waals surface area contributed by atoms with Crippen LogP contribution in [0.5, 0.6) is 5.75 Å². The zero-order valence-electron chi connectivity index (χ0n) is 18.2. The van der Waals surface area contributed by atoms with Crippen LogP contribution in [-0.4, -0.2) is 41.9 Å². The number of ether oxygens (including phenoxy) is 1. The molecule has 0 radical (unpaired) electrons. The van der Waals surface area contributed by atoms with Gasteiger partial charge < -0.3 is 15.4 Å². The number of rotatable bonds is 5. The fourth-order valence-corrected chi connectivity index (χ4v) is 4.57. The van der Waals surface area contributed by atoms with E-state index in [9.17, 15) is 19.6 Å². The van der Waals surface area contributed by atoms with Gasteiger partial charge in [0.15, 0.2) is 0 Å². The molecule has 2 aliphatic rings. The first-order valence-corrected chi connectivity index (χ1v) is 10.7. The summed E-state index contributed by atoms with van der Waals surface area (Å²) in [5, 5.41) is 16.9. The number of hydrogen-bond donors (Lipinski definition) is 2. The second kappa shape index (κ2) is 8.15. The van der Waals surface area contributed by atoms with Crippen molar-refractivity contribution < 1.29 is 19.1 Å². The Labute approximate surface area is 186 Å². The highest BCUT2D eigenvalue weighted by Crippen LogP contribution is 2.32. The SMILES string of the molecule is COc1ccc2cc([C@]3(C)NC(=O)N(CC(=O)NC4(C#N)CCCCC4)C3=O)ccc2c1. The minimum absolute atomic E-state index is 0.422. The number of imide groups is 1. The first kappa shape index (κ1) is 21.6. The molecule has 32 heavy (non-hydrogen) atoms. The molecule has 1 aliphatic heterocycles. The molecular formula is C24H26N4O4. The molecule has 166 valence electrons. The van der Waals surface area contributed by atoms with Gasteiger partial charge in [0, 0.05) is 0 Å². The Morgan fingerprint density at radius 2 is 1.84 bits per heavy atom. The summed E-state index contributed by atoms with van der Waals surface area (Å²) in [7, 11) is 1.60. The van der Waals surface area contributed by atoms with Crippen LogP contribution in [0.3, 0.4) is 0 Å². The number of nitriles is 1. The third-order valence-corrected chi connectivity index (χ3v) is 6.50. The van der Waals surface area contributed by atoms with Crippen LogP contribution in [0.4, 0.5) is 4.79 Å². The molecule has 4 amide bonds. The van der Waals surface area contributed by atoms with E-state index in [1.54, 1.807) is 20.1 Å². The quantitative estimate of drug-likeness (QED) is 0.703. The van der Waals surface area contributed by atoms with Crippen LogP contribution in [-0.2, 0) is 15.1 Å². The molecule has 1 heterocycles. The molecule has 4 rings (SSSR count). The highest BCUT2D eigenvalue weighted by Gasteiger charge is 2.50. The topological polar surface area (TPSA) is 112 Å². The van der Waals surface area contributed by atoms with Crippen LogP contribution in [0, 0.1) is 11.3 Å². The molecule has 0 spiro atoms. The van der Waals surface area contributed by atoms with Crippen molar-refractivity contribution in [1.82, 2.24) is 15.5 Å².